The van der Waals surface area contributed by atoms with Gasteiger partial charge in [0.1, 0.15) is 0 Å². The Bertz CT molecular complexity index is 2080. The molecule has 7 aromatic carbocycles. The Kier molecular flexibility index (Phi) is 7.72. The van der Waals surface area contributed by atoms with Crippen LogP contribution in [0.3, 0.4) is 0 Å². The lowest BCUT2D eigenvalue weighted by molar-refractivity contribution is 1.38. The second kappa shape index (κ2) is 12.3. The van der Waals surface area contributed by atoms with Crippen LogP contribution in [0.1, 0.15) is 16.7 Å². The normalized spacial score (nSPS) is 11.0. The van der Waals surface area contributed by atoms with E-state index in [0.717, 1.165) is 0 Å². The van der Waals surface area contributed by atoms with Gasteiger partial charge in [0, 0.05) is 0 Å². The molecule has 0 N–H and O–H groups in total. The Hall–Kier alpha value is -5.46. The molecule has 0 aromatic heterocycles. The summed E-state index contributed by atoms with van der Waals surface area (Å²) in [6.45, 7) is 6.48. The predicted molar refractivity (Wildman–Crippen MR) is 193 cm³/mol. The van der Waals surface area contributed by atoms with Gasteiger partial charge >= 0.3 is 0 Å². The molecule has 0 atom stereocenters. The molecule has 0 nitrogen and oxygen atoms in total. The largest absolute Gasteiger partial charge is 0.0622 e. The van der Waals surface area contributed by atoms with Crippen LogP contribution in [0, 0.1) is 20.8 Å². The van der Waals surface area contributed by atoms with Crippen molar-refractivity contribution in [2.45, 2.75) is 20.8 Å². The smallest absolute Gasteiger partial charge is 0.00986 e. The molecule has 0 unspecified atom stereocenters. The first-order valence-electron chi connectivity index (χ1n) is 15.7. The van der Waals surface area contributed by atoms with Crippen molar-refractivity contribution in [2.75, 3.05) is 0 Å². The van der Waals surface area contributed by atoms with E-state index in [1.807, 2.05) is 0 Å². The summed E-state index contributed by atoms with van der Waals surface area (Å²) in [5.74, 6) is 0. The van der Waals surface area contributed by atoms with Gasteiger partial charge in [-0.2, -0.15) is 0 Å². The summed E-state index contributed by atoms with van der Waals surface area (Å²) in [5.41, 5.74) is 18.5. The third-order valence-corrected chi connectivity index (χ3v) is 8.61. The Balaban J connectivity index is 1.47. The van der Waals surface area contributed by atoms with Gasteiger partial charge in [0.25, 0.3) is 0 Å². The van der Waals surface area contributed by atoms with Crippen molar-refractivity contribution in [2.24, 2.45) is 0 Å². The molecule has 216 valence electrons. The van der Waals surface area contributed by atoms with E-state index in [1.165, 1.54) is 83.5 Å². The Morgan fingerprint density at radius 2 is 0.622 bits per heavy atom. The van der Waals surface area contributed by atoms with Gasteiger partial charge in [-0.05, 0) is 112 Å². The maximum atomic E-state index is 2.41. The number of aryl methyl sites for hydroxylation is 3. The highest BCUT2D eigenvalue weighted by Crippen LogP contribution is 2.43. The molecule has 0 aliphatic carbocycles. The van der Waals surface area contributed by atoms with Crippen molar-refractivity contribution in [3.63, 3.8) is 0 Å². The van der Waals surface area contributed by atoms with E-state index < -0.39 is 0 Å². The van der Waals surface area contributed by atoms with Crippen LogP contribution in [0.5, 0.6) is 0 Å². The van der Waals surface area contributed by atoms with Crippen LogP contribution < -0.4 is 0 Å². The molecule has 45 heavy (non-hydrogen) atoms. The third kappa shape index (κ3) is 6.01. The fraction of sp³-hybridized carbons (Fsp3) is 0.0667. The van der Waals surface area contributed by atoms with E-state index in [9.17, 15) is 0 Å². The van der Waals surface area contributed by atoms with Crippen molar-refractivity contribution >= 4 is 0 Å². The maximum Gasteiger partial charge on any atom is -0.00986 e. The van der Waals surface area contributed by atoms with Crippen molar-refractivity contribution < 1.29 is 0 Å². The Morgan fingerprint density at radius 3 is 1.11 bits per heavy atom. The summed E-state index contributed by atoms with van der Waals surface area (Å²) in [7, 11) is 0. The summed E-state index contributed by atoms with van der Waals surface area (Å²) in [6, 6.07) is 60.0. The number of hydrogen-bond donors (Lipinski definition) is 0. The van der Waals surface area contributed by atoms with Crippen molar-refractivity contribution in [3.8, 4) is 66.8 Å². The highest BCUT2D eigenvalue weighted by molar-refractivity contribution is 5.96. The maximum absolute atomic E-state index is 2.41. The van der Waals surface area contributed by atoms with Gasteiger partial charge in [0.15, 0.2) is 0 Å². The summed E-state index contributed by atoms with van der Waals surface area (Å²) >= 11 is 0. The average molecular weight is 577 g/mol. The zero-order valence-corrected chi connectivity index (χ0v) is 26.1. The summed E-state index contributed by atoms with van der Waals surface area (Å²) in [5, 5.41) is 0. The molecular weight excluding hydrogens is 540 g/mol. The van der Waals surface area contributed by atoms with Gasteiger partial charge in [0.05, 0.1) is 0 Å². The van der Waals surface area contributed by atoms with Crippen molar-refractivity contribution in [1.82, 2.24) is 0 Å². The predicted octanol–water partition coefficient (Wildman–Crippen LogP) is 12.6. The lowest BCUT2D eigenvalue weighted by Gasteiger charge is -2.19. The molecular formula is C45H36. The fourth-order valence-electron chi connectivity index (χ4n) is 6.41. The first-order valence-corrected chi connectivity index (χ1v) is 15.7. The number of hydrogen-bond acceptors (Lipinski definition) is 0. The van der Waals surface area contributed by atoms with Crippen LogP contribution in [0.2, 0.25) is 0 Å². The highest BCUT2D eigenvalue weighted by Gasteiger charge is 2.17. The van der Waals surface area contributed by atoms with Crippen molar-refractivity contribution in [3.05, 3.63) is 180 Å². The second-order valence-electron chi connectivity index (χ2n) is 12.1. The monoisotopic (exact) mass is 576 g/mol. The molecule has 0 heteroatoms. The summed E-state index contributed by atoms with van der Waals surface area (Å²) in [6.07, 6.45) is 0. The standard InChI is InChI=1S/C45H36/c1-31-20-22-34(23-21-31)37-16-10-18-39(27-37)44-29-43(36-14-8-5-9-15-36)45(30-42(44)35-12-6-4-7-13-35)40-19-11-17-38(28-40)41-25-32(2)24-33(3)26-41/h4-30H,1-3H3. The minimum Gasteiger partial charge on any atom is -0.0622 e. The van der Waals surface area contributed by atoms with Crippen molar-refractivity contribution in [1.29, 1.82) is 0 Å². The molecule has 7 rings (SSSR count). The zero-order chi connectivity index (χ0) is 30.8. The number of benzene rings is 7. The molecule has 0 saturated carbocycles. The van der Waals surface area contributed by atoms with Crippen LogP contribution in [0.4, 0.5) is 0 Å². The van der Waals surface area contributed by atoms with Gasteiger partial charge < -0.3 is 0 Å². The lowest BCUT2D eigenvalue weighted by Crippen LogP contribution is -1.93. The third-order valence-electron chi connectivity index (χ3n) is 8.61. The fourth-order valence-corrected chi connectivity index (χ4v) is 6.41. The molecule has 0 saturated heterocycles. The van der Waals surface area contributed by atoms with Crippen LogP contribution >= 0.6 is 0 Å². The molecule has 0 amide bonds. The topological polar surface area (TPSA) is 0 Å². The molecule has 0 fully saturated rings. The van der Waals surface area contributed by atoms with Crippen LogP contribution in [-0.4, -0.2) is 0 Å². The molecule has 0 radical (unpaired) electrons. The van der Waals surface area contributed by atoms with E-state index in [2.05, 4.69) is 185 Å². The molecule has 0 aliphatic rings. The SMILES string of the molecule is Cc1ccc(-c2cccc(-c3cc(-c4ccccc4)c(-c4cccc(-c5cc(C)cc(C)c5)c4)cc3-c3ccccc3)c2)cc1. The van der Waals surface area contributed by atoms with E-state index in [4.69, 9.17) is 0 Å². The van der Waals surface area contributed by atoms with E-state index in [-0.39, 0.29) is 0 Å². The molecule has 7 aromatic rings. The van der Waals surface area contributed by atoms with Crippen LogP contribution in [0.25, 0.3) is 66.8 Å². The zero-order valence-electron chi connectivity index (χ0n) is 26.1. The molecule has 0 spiro atoms. The van der Waals surface area contributed by atoms with Gasteiger partial charge in [-0.15, -0.1) is 0 Å². The van der Waals surface area contributed by atoms with Gasteiger partial charge in [-0.25, -0.2) is 0 Å². The number of rotatable bonds is 6. The van der Waals surface area contributed by atoms with Gasteiger partial charge in [0.2, 0.25) is 0 Å². The molecule has 0 aliphatic heterocycles. The van der Waals surface area contributed by atoms with Gasteiger partial charge in [-0.1, -0.05) is 156 Å². The highest BCUT2D eigenvalue weighted by atomic mass is 14.2. The molecule has 0 bridgehead atoms. The average Bonchev–Trinajstić information content (AvgIpc) is 3.08. The van der Waals surface area contributed by atoms with E-state index >= 15 is 0 Å². The Labute approximate surface area is 267 Å². The summed E-state index contributed by atoms with van der Waals surface area (Å²) < 4.78 is 0. The van der Waals surface area contributed by atoms with Gasteiger partial charge in [-0.3, -0.25) is 0 Å². The minimum absolute atomic E-state index is 1.21. The quantitative estimate of drug-likeness (QED) is 0.185. The lowest BCUT2D eigenvalue weighted by atomic mass is 9.84. The first-order chi connectivity index (χ1) is 22.0. The Morgan fingerprint density at radius 1 is 0.222 bits per heavy atom. The van der Waals surface area contributed by atoms with E-state index in [1.54, 1.807) is 0 Å². The minimum atomic E-state index is 1.21. The second-order valence-corrected chi connectivity index (χ2v) is 12.1. The van der Waals surface area contributed by atoms with E-state index in [0.29, 0.717) is 0 Å². The van der Waals surface area contributed by atoms with Crippen LogP contribution in [0.15, 0.2) is 164 Å². The molecule has 0 heterocycles. The van der Waals surface area contributed by atoms with Crippen LogP contribution in [-0.2, 0) is 0 Å². The summed E-state index contributed by atoms with van der Waals surface area (Å²) in [4.78, 5) is 0. The first kappa shape index (κ1) is 28.3.